The molecule has 3 aromatic carbocycles. The van der Waals surface area contributed by atoms with Crippen LogP contribution in [0.4, 0.5) is 0 Å². The Morgan fingerprint density at radius 2 is 1.34 bits per heavy atom. The summed E-state index contributed by atoms with van der Waals surface area (Å²) in [5, 5.41) is 14.8. The van der Waals surface area contributed by atoms with Gasteiger partial charge in [0.1, 0.15) is 0 Å². The van der Waals surface area contributed by atoms with Gasteiger partial charge in [-0.25, -0.2) is 0 Å². The van der Waals surface area contributed by atoms with Crippen molar-refractivity contribution in [3.63, 3.8) is 0 Å². The smallest absolute Gasteiger partial charge is 0.288 e. The van der Waals surface area contributed by atoms with Gasteiger partial charge >= 0.3 is 0 Å². The summed E-state index contributed by atoms with van der Waals surface area (Å²) in [6, 6.07) is 32.6. The van der Waals surface area contributed by atoms with Gasteiger partial charge in [0, 0.05) is 18.4 Å². The molecule has 0 saturated heterocycles. The van der Waals surface area contributed by atoms with Crippen LogP contribution in [-0.2, 0) is 9.22 Å². The van der Waals surface area contributed by atoms with E-state index in [0.717, 1.165) is 44.9 Å². The number of aliphatic hydroxyl groups is 1. The number of hydrogen-bond donors (Lipinski definition) is 1. The van der Waals surface area contributed by atoms with Crippen LogP contribution >= 0.6 is 0 Å². The highest BCUT2D eigenvalue weighted by Crippen LogP contribution is 2.65. The van der Waals surface area contributed by atoms with E-state index >= 15 is 0 Å². The van der Waals surface area contributed by atoms with Gasteiger partial charge in [0.05, 0.1) is 6.10 Å². The summed E-state index contributed by atoms with van der Waals surface area (Å²) in [7, 11) is -2.87. The number of carbonyl (C=O) groups excluding carboxylic acids is 1. The molecule has 3 nitrogen and oxygen atoms in total. The molecular formula is C37H42O3Si. The fraction of sp³-hybridized carbons (Fsp3) is 0.432. The predicted octanol–water partition coefficient (Wildman–Crippen LogP) is 5.54. The van der Waals surface area contributed by atoms with E-state index in [4.69, 9.17) is 4.43 Å². The molecule has 3 fully saturated rings. The number of hydrogen-bond acceptors (Lipinski definition) is 3. The Morgan fingerprint density at radius 3 is 1.93 bits per heavy atom. The molecule has 0 unspecified atom stereocenters. The summed E-state index contributed by atoms with van der Waals surface area (Å²) in [6.45, 7) is 2.99. The van der Waals surface area contributed by atoms with E-state index in [9.17, 15) is 9.90 Å². The first kappa shape index (κ1) is 27.1. The lowest BCUT2D eigenvalue weighted by Gasteiger charge is -2.59. The number of fused-ring (bicyclic) bond motifs is 5. The first-order valence-electron chi connectivity index (χ1n) is 15.7. The SMILES string of the molecule is C[C@]12CC[C@H]3[C@@H](CCC4=CC(=O)CC[C@@]43CO[Si](c3ccccc3)(c3ccccc3)c3ccccc3)[C@@H]1CC[C@@H]2O. The fourth-order valence-electron chi connectivity index (χ4n) is 9.61. The third kappa shape index (κ3) is 4.25. The first-order chi connectivity index (χ1) is 20.0. The predicted molar refractivity (Wildman–Crippen MR) is 167 cm³/mol. The zero-order valence-corrected chi connectivity index (χ0v) is 25.2. The molecule has 3 aromatic rings. The van der Waals surface area contributed by atoms with E-state index in [1.54, 1.807) is 0 Å². The molecule has 0 aliphatic heterocycles. The van der Waals surface area contributed by atoms with Crippen LogP contribution < -0.4 is 15.6 Å². The van der Waals surface area contributed by atoms with Gasteiger partial charge in [0.15, 0.2) is 5.78 Å². The van der Waals surface area contributed by atoms with E-state index in [-0.39, 0.29) is 22.7 Å². The molecule has 3 saturated carbocycles. The van der Waals surface area contributed by atoms with Crippen molar-refractivity contribution in [2.24, 2.45) is 28.6 Å². The topological polar surface area (TPSA) is 46.5 Å². The summed E-state index contributed by atoms with van der Waals surface area (Å²) < 4.78 is 7.67. The van der Waals surface area contributed by atoms with Crippen LogP contribution in [0.25, 0.3) is 0 Å². The highest BCUT2D eigenvalue weighted by molar-refractivity contribution is 7.07. The number of carbonyl (C=O) groups is 1. The van der Waals surface area contributed by atoms with E-state index in [1.807, 2.05) is 6.08 Å². The molecule has 0 bridgehead atoms. The van der Waals surface area contributed by atoms with Crippen LogP contribution in [0.2, 0.25) is 0 Å². The zero-order chi connectivity index (χ0) is 28.1. The first-order valence-corrected chi connectivity index (χ1v) is 17.6. The molecule has 0 radical (unpaired) electrons. The average Bonchev–Trinajstić information content (AvgIpc) is 3.33. The van der Waals surface area contributed by atoms with Crippen LogP contribution in [0.1, 0.15) is 58.3 Å². The molecule has 41 heavy (non-hydrogen) atoms. The molecule has 4 aliphatic rings. The lowest BCUT2D eigenvalue weighted by atomic mass is 9.47. The van der Waals surface area contributed by atoms with Crippen molar-refractivity contribution in [3.05, 3.63) is 103 Å². The molecule has 0 aromatic heterocycles. The third-order valence-corrected chi connectivity index (χ3v) is 15.7. The minimum Gasteiger partial charge on any atom is -0.403 e. The maximum atomic E-state index is 12.8. The third-order valence-electron chi connectivity index (χ3n) is 11.7. The van der Waals surface area contributed by atoms with Crippen molar-refractivity contribution < 1.29 is 14.3 Å². The van der Waals surface area contributed by atoms with Gasteiger partial charge in [-0.1, -0.05) is 103 Å². The Kier molecular flexibility index (Phi) is 6.92. The van der Waals surface area contributed by atoms with Gasteiger partial charge in [-0.05, 0) is 89.8 Å². The molecule has 0 heterocycles. The van der Waals surface area contributed by atoms with Gasteiger partial charge in [-0.15, -0.1) is 0 Å². The summed E-state index contributed by atoms with van der Waals surface area (Å²) >= 11 is 0. The van der Waals surface area contributed by atoms with Gasteiger partial charge in [-0.3, -0.25) is 4.79 Å². The Balaban J connectivity index is 1.35. The second-order valence-electron chi connectivity index (χ2n) is 13.4. The van der Waals surface area contributed by atoms with E-state index < -0.39 is 8.32 Å². The van der Waals surface area contributed by atoms with E-state index in [1.165, 1.54) is 21.1 Å². The largest absolute Gasteiger partial charge is 0.403 e. The highest BCUT2D eigenvalue weighted by atomic mass is 28.4. The number of ketones is 1. The monoisotopic (exact) mass is 562 g/mol. The summed E-state index contributed by atoms with van der Waals surface area (Å²) in [4.78, 5) is 12.8. The molecule has 4 aliphatic carbocycles. The lowest BCUT2D eigenvalue weighted by Crippen LogP contribution is -2.70. The lowest BCUT2D eigenvalue weighted by molar-refractivity contribution is -0.119. The van der Waals surface area contributed by atoms with Crippen LogP contribution in [0.5, 0.6) is 0 Å². The van der Waals surface area contributed by atoms with Gasteiger partial charge in [0.2, 0.25) is 0 Å². The molecule has 1 N–H and O–H groups in total. The van der Waals surface area contributed by atoms with Crippen LogP contribution in [0, 0.1) is 28.6 Å². The standard InChI is InChI=1S/C37H42O3Si/c1-36-23-22-34-32(33(36)19-20-35(36)39)18-17-27-25-28(38)21-24-37(27,34)26-40-41(29-11-5-2-6-12-29,30-13-7-3-8-14-30)31-15-9-4-10-16-31/h2-16,25,32-35,39H,17-24,26H2,1H3/t32-,33-,34-,35-,36-,37+/m0/s1. The minimum absolute atomic E-state index is 0.0333. The van der Waals surface area contributed by atoms with E-state index in [0.29, 0.717) is 30.8 Å². The number of aliphatic hydroxyl groups excluding tert-OH is 1. The van der Waals surface area contributed by atoms with Crippen molar-refractivity contribution in [2.45, 2.75) is 64.4 Å². The van der Waals surface area contributed by atoms with Crippen LogP contribution in [0.15, 0.2) is 103 Å². The summed E-state index contributed by atoms with van der Waals surface area (Å²) in [6.07, 6.45) is 9.68. The fourth-order valence-corrected chi connectivity index (χ4v) is 13.6. The Morgan fingerprint density at radius 1 is 0.756 bits per heavy atom. The van der Waals surface area contributed by atoms with Crippen molar-refractivity contribution in [1.29, 1.82) is 0 Å². The Labute approximate surface area is 245 Å². The maximum Gasteiger partial charge on any atom is 0.288 e. The van der Waals surface area contributed by atoms with Gasteiger partial charge < -0.3 is 9.53 Å². The van der Waals surface area contributed by atoms with Crippen LogP contribution in [-0.4, -0.2) is 31.9 Å². The normalized spacial score (nSPS) is 32.9. The average molecular weight is 563 g/mol. The second kappa shape index (κ2) is 10.5. The molecule has 7 rings (SSSR count). The molecule has 0 spiro atoms. The maximum absolute atomic E-state index is 12.8. The molecular weight excluding hydrogens is 520 g/mol. The molecule has 0 amide bonds. The summed E-state index contributed by atoms with van der Waals surface area (Å²) in [5.74, 6) is 1.92. The van der Waals surface area contributed by atoms with E-state index in [2.05, 4.69) is 97.9 Å². The number of benzene rings is 3. The molecule has 4 heteroatoms. The van der Waals surface area contributed by atoms with Gasteiger partial charge in [0.25, 0.3) is 8.32 Å². The van der Waals surface area contributed by atoms with Crippen LogP contribution in [0.3, 0.4) is 0 Å². The van der Waals surface area contributed by atoms with Crippen molar-refractivity contribution >= 4 is 29.7 Å². The van der Waals surface area contributed by atoms with Crippen molar-refractivity contribution in [3.8, 4) is 0 Å². The van der Waals surface area contributed by atoms with Crippen molar-refractivity contribution in [2.75, 3.05) is 6.61 Å². The zero-order valence-electron chi connectivity index (χ0n) is 24.2. The molecule has 6 atom stereocenters. The van der Waals surface area contributed by atoms with Crippen molar-refractivity contribution in [1.82, 2.24) is 0 Å². The molecule has 212 valence electrons. The number of rotatable bonds is 6. The second-order valence-corrected chi connectivity index (χ2v) is 16.8. The van der Waals surface area contributed by atoms with Gasteiger partial charge in [-0.2, -0.15) is 0 Å². The Hall–Kier alpha value is -2.79. The minimum atomic E-state index is -2.87. The quantitative estimate of drug-likeness (QED) is 0.317. The Bertz CT molecular complexity index is 1320. The highest BCUT2D eigenvalue weighted by Gasteiger charge is 2.60. The summed E-state index contributed by atoms with van der Waals surface area (Å²) in [5.41, 5.74) is 1.25.